The Morgan fingerprint density at radius 2 is 2.10 bits per heavy atom. The molecule has 1 saturated carbocycles. The zero-order valence-electron chi connectivity index (χ0n) is 11.6. The Bertz CT molecular complexity index is 554. The zero-order valence-corrected chi connectivity index (χ0v) is 11.6. The lowest BCUT2D eigenvalue weighted by atomic mass is 10.0. The lowest BCUT2D eigenvalue weighted by molar-refractivity contribution is -0.142. The Morgan fingerprint density at radius 3 is 2.75 bits per heavy atom. The summed E-state index contributed by atoms with van der Waals surface area (Å²) in [6.45, 7) is 2.80. The predicted molar refractivity (Wildman–Crippen MR) is 74.1 cm³/mol. The van der Waals surface area contributed by atoms with Gasteiger partial charge in [0.15, 0.2) is 0 Å². The average molecular weight is 273 g/mol. The topological polar surface area (TPSA) is 57.6 Å². The second kappa shape index (κ2) is 4.93. The molecule has 0 aromatic heterocycles. The van der Waals surface area contributed by atoms with Gasteiger partial charge in [0, 0.05) is 6.54 Å². The van der Waals surface area contributed by atoms with E-state index in [1.165, 1.54) is 11.1 Å². The van der Waals surface area contributed by atoms with Crippen LogP contribution < -0.4 is 0 Å². The predicted octanol–water partition coefficient (Wildman–Crippen LogP) is 2.38. The summed E-state index contributed by atoms with van der Waals surface area (Å²) in [4.78, 5) is 25.3. The molecule has 0 bridgehead atoms. The van der Waals surface area contributed by atoms with Gasteiger partial charge < -0.3 is 10.0 Å². The number of rotatable bonds is 3. The number of likely N-dealkylation sites (tertiary alicyclic amines) is 1. The first-order valence-electron chi connectivity index (χ1n) is 7.18. The lowest BCUT2D eigenvalue weighted by Gasteiger charge is -2.25. The van der Waals surface area contributed by atoms with Crippen molar-refractivity contribution in [3.8, 4) is 0 Å². The van der Waals surface area contributed by atoms with E-state index >= 15 is 0 Å². The molecule has 0 unspecified atom stereocenters. The first-order valence-corrected chi connectivity index (χ1v) is 7.18. The van der Waals surface area contributed by atoms with Crippen molar-refractivity contribution in [2.24, 2.45) is 11.8 Å². The quantitative estimate of drug-likeness (QED) is 0.920. The Hall–Kier alpha value is -1.84. The summed E-state index contributed by atoms with van der Waals surface area (Å²) in [6.07, 6.45) is 2.47. The lowest BCUT2D eigenvalue weighted by Crippen LogP contribution is -2.32. The van der Waals surface area contributed by atoms with E-state index in [1.807, 2.05) is 24.0 Å². The number of carbonyl (C=O) groups excluding carboxylic acids is 1. The van der Waals surface area contributed by atoms with Crippen LogP contribution in [0.2, 0.25) is 0 Å². The zero-order chi connectivity index (χ0) is 14.3. The molecule has 1 aliphatic carbocycles. The molecule has 1 aromatic carbocycles. The molecular weight excluding hydrogens is 254 g/mol. The van der Waals surface area contributed by atoms with E-state index in [0.29, 0.717) is 6.42 Å². The minimum absolute atomic E-state index is 0.0291. The van der Waals surface area contributed by atoms with E-state index in [0.717, 1.165) is 19.4 Å². The molecule has 1 saturated heterocycles. The molecule has 1 aliphatic heterocycles. The number of hydrogen-bond donors (Lipinski definition) is 1. The Balaban J connectivity index is 1.76. The summed E-state index contributed by atoms with van der Waals surface area (Å²) >= 11 is 0. The summed E-state index contributed by atoms with van der Waals surface area (Å²) < 4.78 is 0. The van der Waals surface area contributed by atoms with Crippen molar-refractivity contribution in [3.05, 3.63) is 35.4 Å². The summed E-state index contributed by atoms with van der Waals surface area (Å²) in [5.41, 5.74) is 2.36. The SMILES string of the molecule is Cc1cccc([C@@H]2CCCN2C(=O)[C@H]2C[C@@H]2C(=O)O)c1. The van der Waals surface area contributed by atoms with Gasteiger partial charge in [-0.1, -0.05) is 29.8 Å². The fraction of sp³-hybridized carbons (Fsp3) is 0.500. The van der Waals surface area contributed by atoms with E-state index in [1.54, 1.807) is 0 Å². The third-order valence-corrected chi connectivity index (χ3v) is 4.39. The summed E-state index contributed by atoms with van der Waals surface area (Å²) in [5, 5.41) is 8.96. The van der Waals surface area contributed by atoms with Gasteiger partial charge in [-0.3, -0.25) is 9.59 Å². The van der Waals surface area contributed by atoms with Gasteiger partial charge in [-0.25, -0.2) is 0 Å². The van der Waals surface area contributed by atoms with Crippen molar-refractivity contribution < 1.29 is 14.7 Å². The Labute approximate surface area is 118 Å². The first kappa shape index (κ1) is 13.2. The molecule has 1 amide bonds. The fourth-order valence-electron chi connectivity index (χ4n) is 3.21. The highest BCUT2D eigenvalue weighted by molar-refractivity contribution is 5.89. The van der Waals surface area contributed by atoms with Gasteiger partial charge in [0.2, 0.25) is 5.91 Å². The second-order valence-corrected chi connectivity index (χ2v) is 5.89. The highest BCUT2D eigenvalue weighted by atomic mass is 16.4. The van der Waals surface area contributed by atoms with Crippen LogP contribution in [-0.2, 0) is 9.59 Å². The van der Waals surface area contributed by atoms with Crippen molar-refractivity contribution in [3.63, 3.8) is 0 Å². The van der Waals surface area contributed by atoms with Crippen molar-refractivity contribution in [2.45, 2.75) is 32.2 Å². The van der Waals surface area contributed by atoms with Crippen molar-refractivity contribution >= 4 is 11.9 Å². The van der Waals surface area contributed by atoms with Crippen LogP contribution in [0.4, 0.5) is 0 Å². The minimum atomic E-state index is -0.838. The van der Waals surface area contributed by atoms with Gasteiger partial charge in [0.05, 0.1) is 17.9 Å². The van der Waals surface area contributed by atoms with Gasteiger partial charge in [0.25, 0.3) is 0 Å². The number of carboxylic acid groups (broad SMARTS) is 1. The fourth-order valence-corrected chi connectivity index (χ4v) is 3.21. The Kier molecular flexibility index (Phi) is 3.24. The summed E-state index contributed by atoms with van der Waals surface area (Å²) in [6, 6.07) is 8.37. The molecule has 106 valence electrons. The largest absolute Gasteiger partial charge is 0.481 e. The molecule has 1 heterocycles. The van der Waals surface area contributed by atoms with Crippen LogP contribution in [0, 0.1) is 18.8 Å². The van der Waals surface area contributed by atoms with E-state index in [4.69, 9.17) is 5.11 Å². The maximum absolute atomic E-state index is 12.5. The summed E-state index contributed by atoms with van der Waals surface area (Å²) in [5.74, 6) is -1.56. The average Bonchev–Trinajstić information content (AvgIpc) is 3.07. The Morgan fingerprint density at radius 1 is 1.30 bits per heavy atom. The number of aryl methyl sites for hydroxylation is 1. The minimum Gasteiger partial charge on any atom is -0.481 e. The summed E-state index contributed by atoms with van der Waals surface area (Å²) in [7, 11) is 0. The normalized spacial score (nSPS) is 28.4. The van der Waals surface area contributed by atoms with Gasteiger partial charge in [-0.05, 0) is 31.7 Å². The van der Waals surface area contributed by atoms with Crippen LogP contribution in [0.25, 0.3) is 0 Å². The maximum Gasteiger partial charge on any atom is 0.307 e. The highest BCUT2D eigenvalue weighted by Crippen LogP contribution is 2.43. The van der Waals surface area contributed by atoms with Gasteiger partial charge in [0.1, 0.15) is 0 Å². The number of hydrogen-bond acceptors (Lipinski definition) is 2. The molecule has 20 heavy (non-hydrogen) atoms. The van der Waals surface area contributed by atoms with Crippen molar-refractivity contribution in [1.29, 1.82) is 0 Å². The molecule has 4 heteroatoms. The molecule has 2 aliphatic rings. The van der Waals surface area contributed by atoms with Crippen LogP contribution in [0.15, 0.2) is 24.3 Å². The molecule has 2 fully saturated rings. The standard InChI is InChI=1S/C16H19NO3/c1-10-4-2-5-11(8-10)14-6-3-7-17(14)15(18)12-9-13(12)16(19)20/h2,4-5,8,12-14H,3,6-7,9H2,1H3,(H,19,20)/t12-,13-,14-/m0/s1. The van der Waals surface area contributed by atoms with Crippen LogP contribution in [-0.4, -0.2) is 28.4 Å². The van der Waals surface area contributed by atoms with E-state index in [9.17, 15) is 9.59 Å². The van der Waals surface area contributed by atoms with Crippen LogP contribution in [0.1, 0.15) is 36.4 Å². The maximum atomic E-state index is 12.5. The first-order chi connectivity index (χ1) is 9.58. The van der Waals surface area contributed by atoms with Gasteiger partial charge in [-0.15, -0.1) is 0 Å². The molecular formula is C16H19NO3. The molecule has 0 spiro atoms. The van der Waals surface area contributed by atoms with E-state index < -0.39 is 11.9 Å². The van der Waals surface area contributed by atoms with E-state index in [2.05, 4.69) is 12.1 Å². The van der Waals surface area contributed by atoms with Crippen LogP contribution in [0.3, 0.4) is 0 Å². The molecule has 1 N–H and O–H groups in total. The molecule has 1 aromatic rings. The monoisotopic (exact) mass is 273 g/mol. The van der Waals surface area contributed by atoms with Crippen molar-refractivity contribution in [2.75, 3.05) is 6.54 Å². The number of benzene rings is 1. The number of carboxylic acids is 1. The molecule has 0 radical (unpaired) electrons. The number of amides is 1. The smallest absolute Gasteiger partial charge is 0.307 e. The number of aliphatic carboxylic acids is 1. The highest BCUT2D eigenvalue weighted by Gasteiger charge is 2.51. The molecule has 3 rings (SSSR count). The number of carbonyl (C=O) groups is 2. The third kappa shape index (κ3) is 2.30. The van der Waals surface area contributed by atoms with Crippen molar-refractivity contribution in [1.82, 2.24) is 4.90 Å². The van der Waals surface area contributed by atoms with Crippen LogP contribution in [0.5, 0.6) is 0 Å². The number of nitrogens with zero attached hydrogens (tertiary/aromatic N) is 1. The second-order valence-electron chi connectivity index (χ2n) is 5.89. The van der Waals surface area contributed by atoms with Gasteiger partial charge in [-0.2, -0.15) is 0 Å². The third-order valence-electron chi connectivity index (χ3n) is 4.39. The molecule has 4 nitrogen and oxygen atoms in total. The van der Waals surface area contributed by atoms with E-state index in [-0.39, 0.29) is 17.9 Å². The van der Waals surface area contributed by atoms with Crippen LogP contribution >= 0.6 is 0 Å². The van der Waals surface area contributed by atoms with Gasteiger partial charge >= 0.3 is 5.97 Å². The molecule has 3 atom stereocenters.